The Balaban J connectivity index is 1.76. The molecule has 2 nitrogen and oxygen atoms in total. The van der Waals surface area contributed by atoms with Crippen LogP contribution in [0.15, 0.2) is 24.3 Å². The van der Waals surface area contributed by atoms with E-state index < -0.39 is 0 Å². The largest absolute Gasteiger partial charge is 0.319 e. The van der Waals surface area contributed by atoms with E-state index in [1.807, 2.05) is 7.05 Å². The lowest BCUT2D eigenvalue weighted by Gasteiger charge is -2.27. The van der Waals surface area contributed by atoms with Crippen LogP contribution in [0.1, 0.15) is 43.2 Å². The minimum atomic E-state index is 0.934. The first-order valence-corrected chi connectivity index (χ1v) is 8.19. The van der Waals surface area contributed by atoms with Crippen LogP contribution in [0.2, 0.25) is 0 Å². The highest BCUT2D eigenvalue weighted by atomic mass is 15.1. The molecular weight excluding hydrogens is 244 g/mol. The standard InChI is InChI=1S/C18H30N2/c1-19-13-12-16-8-10-18(11-9-16)15-20(2)14-17-6-4-3-5-7-17/h8-11,17,19H,3-7,12-15H2,1-2H3. The summed E-state index contributed by atoms with van der Waals surface area (Å²) in [6, 6.07) is 9.15. The van der Waals surface area contributed by atoms with Gasteiger partial charge in [0.25, 0.3) is 0 Å². The average molecular weight is 274 g/mol. The fourth-order valence-electron chi connectivity index (χ4n) is 3.27. The molecule has 1 fully saturated rings. The zero-order valence-electron chi connectivity index (χ0n) is 13.2. The van der Waals surface area contributed by atoms with E-state index in [1.165, 1.54) is 49.8 Å². The molecule has 0 unspecified atom stereocenters. The van der Waals surface area contributed by atoms with Crippen LogP contribution < -0.4 is 5.32 Å². The Kier molecular flexibility index (Phi) is 6.55. The molecule has 1 aliphatic rings. The molecule has 0 aliphatic heterocycles. The van der Waals surface area contributed by atoms with Gasteiger partial charge in [0, 0.05) is 13.1 Å². The maximum absolute atomic E-state index is 3.20. The zero-order valence-corrected chi connectivity index (χ0v) is 13.2. The highest BCUT2D eigenvalue weighted by Gasteiger charge is 2.15. The Hall–Kier alpha value is -0.860. The van der Waals surface area contributed by atoms with Crippen molar-refractivity contribution in [3.05, 3.63) is 35.4 Å². The summed E-state index contributed by atoms with van der Waals surface area (Å²) in [6.45, 7) is 3.41. The number of hydrogen-bond donors (Lipinski definition) is 1. The molecule has 0 radical (unpaired) electrons. The Morgan fingerprint density at radius 1 is 1.05 bits per heavy atom. The van der Waals surface area contributed by atoms with E-state index in [0.717, 1.165) is 25.4 Å². The highest BCUT2D eigenvalue weighted by molar-refractivity contribution is 5.22. The molecule has 0 atom stereocenters. The molecule has 1 saturated carbocycles. The first-order chi connectivity index (χ1) is 9.78. The van der Waals surface area contributed by atoms with Gasteiger partial charge < -0.3 is 10.2 Å². The van der Waals surface area contributed by atoms with E-state index in [-0.39, 0.29) is 0 Å². The van der Waals surface area contributed by atoms with Gasteiger partial charge in [-0.3, -0.25) is 0 Å². The van der Waals surface area contributed by atoms with E-state index in [1.54, 1.807) is 0 Å². The van der Waals surface area contributed by atoms with Gasteiger partial charge >= 0.3 is 0 Å². The van der Waals surface area contributed by atoms with Crippen molar-refractivity contribution in [3.63, 3.8) is 0 Å². The molecule has 0 amide bonds. The SMILES string of the molecule is CNCCc1ccc(CN(C)CC2CCCCC2)cc1. The van der Waals surface area contributed by atoms with Crippen molar-refractivity contribution >= 4 is 0 Å². The van der Waals surface area contributed by atoms with Crippen LogP contribution in [-0.2, 0) is 13.0 Å². The van der Waals surface area contributed by atoms with Crippen LogP contribution in [0.3, 0.4) is 0 Å². The summed E-state index contributed by atoms with van der Waals surface area (Å²) in [5.41, 5.74) is 2.87. The van der Waals surface area contributed by atoms with Gasteiger partial charge in [0.15, 0.2) is 0 Å². The Morgan fingerprint density at radius 2 is 1.70 bits per heavy atom. The second-order valence-corrected chi connectivity index (χ2v) is 6.37. The smallest absolute Gasteiger partial charge is 0.0230 e. The summed E-state index contributed by atoms with van der Waals surface area (Å²) >= 11 is 0. The molecule has 112 valence electrons. The van der Waals surface area contributed by atoms with Crippen LogP contribution >= 0.6 is 0 Å². The molecule has 1 aromatic rings. The van der Waals surface area contributed by atoms with Crippen molar-refractivity contribution < 1.29 is 0 Å². The van der Waals surface area contributed by atoms with Gasteiger partial charge in [-0.05, 0) is 56.9 Å². The molecule has 1 aromatic carbocycles. The lowest BCUT2D eigenvalue weighted by molar-refractivity contribution is 0.228. The van der Waals surface area contributed by atoms with E-state index in [2.05, 4.69) is 41.5 Å². The lowest BCUT2D eigenvalue weighted by Crippen LogP contribution is -2.26. The molecule has 1 N–H and O–H groups in total. The van der Waals surface area contributed by atoms with Crippen molar-refractivity contribution in [1.82, 2.24) is 10.2 Å². The quantitative estimate of drug-likeness (QED) is 0.819. The second-order valence-electron chi connectivity index (χ2n) is 6.37. The van der Waals surface area contributed by atoms with Crippen molar-refractivity contribution in [2.45, 2.75) is 45.1 Å². The van der Waals surface area contributed by atoms with Crippen LogP contribution in [0.25, 0.3) is 0 Å². The zero-order chi connectivity index (χ0) is 14.2. The summed E-state index contributed by atoms with van der Waals surface area (Å²) < 4.78 is 0. The predicted molar refractivity (Wildman–Crippen MR) is 87.0 cm³/mol. The molecule has 0 saturated heterocycles. The fraction of sp³-hybridized carbons (Fsp3) is 0.667. The third kappa shape index (κ3) is 5.26. The average Bonchev–Trinajstić information content (AvgIpc) is 2.47. The van der Waals surface area contributed by atoms with Gasteiger partial charge in [0.2, 0.25) is 0 Å². The number of benzene rings is 1. The second kappa shape index (κ2) is 8.43. The molecule has 0 bridgehead atoms. The Bertz CT molecular complexity index is 366. The lowest BCUT2D eigenvalue weighted by atomic mass is 9.89. The van der Waals surface area contributed by atoms with E-state index >= 15 is 0 Å². The molecule has 20 heavy (non-hydrogen) atoms. The van der Waals surface area contributed by atoms with E-state index in [9.17, 15) is 0 Å². The van der Waals surface area contributed by atoms with E-state index in [4.69, 9.17) is 0 Å². The summed E-state index contributed by atoms with van der Waals surface area (Å²) in [5.74, 6) is 0.934. The van der Waals surface area contributed by atoms with E-state index in [0.29, 0.717) is 0 Å². The van der Waals surface area contributed by atoms with Gasteiger partial charge in [0.05, 0.1) is 0 Å². The van der Waals surface area contributed by atoms with Crippen LogP contribution in [-0.4, -0.2) is 32.1 Å². The fourth-order valence-corrected chi connectivity index (χ4v) is 3.27. The van der Waals surface area contributed by atoms with Gasteiger partial charge in [0.1, 0.15) is 0 Å². The van der Waals surface area contributed by atoms with Crippen LogP contribution in [0, 0.1) is 5.92 Å². The number of nitrogens with zero attached hydrogens (tertiary/aromatic N) is 1. The molecular formula is C18H30N2. The summed E-state index contributed by atoms with van der Waals surface area (Å²) in [6.07, 6.45) is 8.33. The maximum atomic E-state index is 3.20. The molecule has 0 aromatic heterocycles. The van der Waals surface area contributed by atoms with Crippen molar-refractivity contribution in [1.29, 1.82) is 0 Å². The summed E-state index contributed by atoms with van der Waals surface area (Å²) in [7, 11) is 4.28. The minimum absolute atomic E-state index is 0.934. The third-order valence-corrected chi connectivity index (χ3v) is 4.43. The van der Waals surface area contributed by atoms with Gasteiger partial charge in [-0.1, -0.05) is 43.5 Å². The van der Waals surface area contributed by atoms with Gasteiger partial charge in [-0.25, -0.2) is 0 Å². The van der Waals surface area contributed by atoms with Crippen molar-refractivity contribution in [2.75, 3.05) is 27.2 Å². The van der Waals surface area contributed by atoms with Gasteiger partial charge in [-0.2, -0.15) is 0 Å². The summed E-state index contributed by atoms with van der Waals surface area (Å²) in [4.78, 5) is 2.50. The number of likely N-dealkylation sites (N-methyl/N-ethyl adjacent to an activating group) is 1. The number of hydrogen-bond acceptors (Lipinski definition) is 2. The first kappa shape index (κ1) is 15.5. The first-order valence-electron chi connectivity index (χ1n) is 8.19. The Labute approximate surface area is 124 Å². The Morgan fingerprint density at radius 3 is 2.35 bits per heavy atom. The van der Waals surface area contributed by atoms with Gasteiger partial charge in [-0.15, -0.1) is 0 Å². The molecule has 1 aliphatic carbocycles. The topological polar surface area (TPSA) is 15.3 Å². The molecule has 2 rings (SSSR count). The van der Waals surface area contributed by atoms with Crippen LogP contribution in [0.4, 0.5) is 0 Å². The minimum Gasteiger partial charge on any atom is -0.319 e. The third-order valence-electron chi connectivity index (χ3n) is 4.43. The maximum Gasteiger partial charge on any atom is 0.0230 e. The summed E-state index contributed by atoms with van der Waals surface area (Å²) in [5, 5.41) is 3.20. The van der Waals surface area contributed by atoms with Crippen LogP contribution in [0.5, 0.6) is 0 Å². The molecule has 0 spiro atoms. The predicted octanol–water partition coefficient (Wildman–Crippen LogP) is 3.46. The normalized spacial score (nSPS) is 16.8. The monoisotopic (exact) mass is 274 g/mol. The molecule has 0 heterocycles. The highest BCUT2D eigenvalue weighted by Crippen LogP contribution is 2.24. The van der Waals surface area contributed by atoms with Crippen molar-refractivity contribution in [2.24, 2.45) is 5.92 Å². The van der Waals surface area contributed by atoms with Crippen molar-refractivity contribution in [3.8, 4) is 0 Å². The number of nitrogens with one attached hydrogen (secondary N) is 1. The molecule has 2 heteroatoms. The number of rotatable bonds is 7.